The Morgan fingerprint density at radius 3 is 2.38 bits per heavy atom. The quantitative estimate of drug-likeness (QED) is 0.571. The number of nitrogens with zero attached hydrogens (tertiary/aromatic N) is 1. The summed E-state index contributed by atoms with van der Waals surface area (Å²) in [6, 6.07) is 6.16. The Kier molecular flexibility index (Phi) is 7.56. The molecule has 162 valence electrons. The van der Waals surface area contributed by atoms with Gasteiger partial charge in [-0.15, -0.1) is 0 Å². The Hall–Kier alpha value is -1.80. The zero-order chi connectivity index (χ0) is 21.8. The first-order chi connectivity index (χ1) is 13.4. The summed E-state index contributed by atoms with van der Waals surface area (Å²) in [5, 5.41) is 0.544. The first-order valence-corrected chi connectivity index (χ1v) is 11.7. The SMILES string of the molecule is CC(C)CN(C(=O)COC(=O)C(C)(C)Oc1ccc(Cl)cc1)[C@@H]1CCS(=O)(=O)C1. The zero-order valence-corrected chi connectivity index (χ0v) is 18.8. The fourth-order valence-corrected chi connectivity index (χ4v) is 4.95. The number of sulfone groups is 1. The summed E-state index contributed by atoms with van der Waals surface area (Å²) >= 11 is 5.84. The lowest BCUT2D eigenvalue weighted by Gasteiger charge is -2.30. The van der Waals surface area contributed by atoms with Crippen molar-refractivity contribution in [1.29, 1.82) is 0 Å². The topological polar surface area (TPSA) is 90.0 Å². The number of hydrogen-bond donors (Lipinski definition) is 0. The number of esters is 1. The van der Waals surface area contributed by atoms with E-state index < -0.39 is 33.9 Å². The summed E-state index contributed by atoms with van der Waals surface area (Å²) in [5.74, 6) is -0.477. The van der Waals surface area contributed by atoms with Crippen molar-refractivity contribution in [3.63, 3.8) is 0 Å². The number of rotatable bonds is 8. The van der Waals surface area contributed by atoms with Gasteiger partial charge in [-0.3, -0.25) is 4.79 Å². The maximum atomic E-state index is 12.7. The van der Waals surface area contributed by atoms with Crippen LogP contribution in [0.2, 0.25) is 5.02 Å². The van der Waals surface area contributed by atoms with Crippen LogP contribution in [0.4, 0.5) is 0 Å². The molecule has 1 aromatic rings. The Labute approximate surface area is 177 Å². The molecule has 29 heavy (non-hydrogen) atoms. The number of benzene rings is 1. The first kappa shape index (κ1) is 23.5. The highest BCUT2D eigenvalue weighted by molar-refractivity contribution is 7.91. The van der Waals surface area contributed by atoms with E-state index >= 15 is 0 Å². The van der Waals surface area contributed by atoms with Gasteiger partial charge in [-0.1, -0.05) is 25.4 Å². The standard InChI is InChI=1S/C20H28ClNO6S/c1-14(2)11-22(16-9-10-29(25,26)13-16)18(23)12-27-19(24)20(3,4)28-17-7-5-15(21)6-8-17/h5-8,14,16H,9-13H2,1-4H3/t16-/m1/s1. The first-order valence-electron chi connectivity index (χ1n) is 9.51. The molecule has 7 nitrogen and oxygen atoms in total. The monoisotopic (exact) mass is 445 g/mol. The summed E-state index contributed by atoms with van der Waals surface area (Å²) in [5.41, 5.74) is -1.31. The van der Waals surface area contributed by atoms with Crippen LogP contribution in [-0.2, 0) is 24.2 Å². The molecule has 1 aliphatic heterocycles. The van der Waals surface area contributed by atoms with Crippen LogP contribution < -0.4 is 4.74 Å². The van der Waals surface area contributed by atoms with Crippen molar-refractivity contribution < 1.29 is 27.5 Å². The van der Waals surface area contributed by atoms with E-state index in [1.54, 1.807) is 38.1 Å². The van der Waals surface area contributed by atoms with E-state index in [9.17, 15) is 18.0 Å². The molecule has 1 aromatic carbocycles. The predicted molar refractivity (Wildman–Crippen MR) is 111 cm³/mol. The molecule has 1 heterocycles. The van der Waals surface area contributed by atoms with Gasteiger partial charge in [0.05, 0.1) is 11.5 Å². The van der Waals surface area contributed by atoms with Crippen LogP contribution in [0.25, 0.3) is 0 Å². The molecule has 0 aromatic heterocycles. The van der Waals surface area contributed by atoms with Crippen LogP contribution in [0.15, 0.2) is 24.3 Å². The maximum Gasteiger partial charge on any atom is 0.350 e. The van der Waals surface area contributed by atoms with Crippen molar-refractivity contribution in [2.24, 2.45) is 5.92 Å². The van der Waals surface area contributed by atoms with Crippen molar-refractivity contribution in [3.8, 4) is 5.75 Å². The van der Waals surface area contributed by atoms with Gasteiger partial charge in [0.25, 0.3) is 5.91 Å². The Morgan fingerprint density at radius 2 is 1.86 bits per heavy atom. The van der Waals surface area contributed by atoms with Gasteiger partial charge in [-0.05, 0) is 50.5 Å². The molecule has 0 spiro atoms. The van der Waals surface area contributed by atoms with Crippen LogP contribution in [0, 0.1) is 5.92 Å². The highest BCUT2D eigenvalue weighted by Crippen LogP contribution is 2.22. The molecule has 2 rings (SSSR count). The second kappa shape index (κ2) is 9.34. The van der Waals surface area contributed by atoms with Crippen molar-refractivity contribution in [2.75, 3.05) is 24.7 Å². The molecule has 9 heteroatoms. The van der Waals surface area contributed by atoms with Crippen molar-refractivity contribution in [3.05, 3.63) is 29.3 Å². The van der Waals surface area contributed by atoms with Gasteiger partial charge in [0.2, 0.25) is 0 Å². The molecule has 1 saturated heterocycles. The molecule has 1 aliphatic rings. The van der Waals surface area contributed by atoms with Crippen molar-refractivity contribution in [2.45, 2.75) is 45.8 Å². The Balaban J connectivity index is 1.98. The number of ether oxygens (including phenoxy) is 2. The normalized spacial score (nSPS) is 18.5. The number of hydrogen-bond acceptors (Lipinski definition) is 6. The smallest absolute Gasteiger partial charge is 0.350 e. The number of amides is 1. The fraction of sp³-hybridized carbons (Fsp3) is 0.600. The molecule has 0 unspecified atom stereocenters. The summed E-state index contributed by atoms with van der Waals surface area (Å²) in [4.78, 5) is 26.7. The minimum absolute atomic E-state index is 0.0510. The highest BCUT2D eigenvalue weighted by Gasteiger charge is 2.37. The number of halogens is 1. The third-order valence-corrected chi connectivity index (χ3v) is 6.54. The van der Waals surface area contributed by atoms with Gasteiger partial charge < -0.3 is 14.4 Å². The zero-order valence-electron chi connectivity index (χ0n) is 17.2. The predicted octanol–water partition coefficient (Wildman–Crippen LogP) is 2.71. The van der Waals surface area contributed by atoms with Gasteiger partial charge in [-0.25, -0.2) is 13.2 Å². The lowest BCUT2D eigenvalue weighted by Crippen LogP contribution is -2.47. The third-order valence-electron chi connectivity index (χ3n) is 4.54. The average Bonchev–Trinajstić information content (AvgIpc) is 2.98. The van der Waals surface area contributed by atoms with E-state index in [0.717, 1.165) is 0 Å². The van der Waals surface area contributed by atoms with E-state index in [1.807, 2.05) is 13.8 Å². The van der Waals surface area contributed by atoms with E-state index in [0.29, 0.717) is 23.7 Å². The van der Waals surface area contributed by atoms with E-state index in [4.69, 9.17) is 21.1 Å². The summed E-state index contributed by atoms with van der Waals surface area (Å²) < 4.78 is 34.5. The second-order valence-electron chi connectivity index (χ2n) is 8.14. The molecule has 0 saturated carbocycles. The van der Waals surface area contributed by atoms with Crippen LogP contribution in [-0.4, -0.2) is 61.5 Å². The lowest BCUT2D eigenvalue weighted by atomic mass is 10.1. The van der Waals surface area contributed by atoms with Crippen LogP contribution >= 0.6 is 11.6 Å². The van der Waals surface area contributed by atoms with Crippen LogP contribution in [0.5, 0.6) is 5.75 Å². The molecule has 0 bridgehead atoms. The summed E-state index contributed by atoms with van der Waals surface area (Å²) in [6.07, 6.45) is 0.403. The molecule has 1 fully saturated rings. The Morgan fingerprint density at radius 1 is 1.24 bits per heavy atom. The molecule has 0 aliphatic carbocycles. The van der Waals surface area contributed by atoms with E-state index in [2.05, 4.69) is 0 Å². The fourth-order valence-electron chi connectivity index (χ4n) is 3.09. The van der Waals surface area contributed by atoms with Crippen LogP contribution in [0.3, 0.4) is 0 Å². The average molecular weight is 446 g/mol. The minimum Gasteiger partial charge on any atom is -0.476 e. The summed E-state index contributed by atoms with van der Waals surface area (Å²) in [6.45, 7) is 6.92. The lowest BCUT2D eigenvalue weighted by molar-refractivity contribution is -0.164. The number of carbonyl (C=O) groups is 2. The van der Waals surface area contributed by atoms with Crippen LogP contribution in [0.1, 0.15) is 34.1 Å². The van der Waals surface area contributed by atoms with E-state index in [1.165, 1.54) is 4.90 Å². The van der Waals surface area contributed by atoms with Gasteiger partial charge in [0, 0.05) is 17.6 Å². The molecular weight excluding hydrogens is 418 g/mol. The molecule has 1 atom stereocenters. The van der Waals surface area contributed by atoms with Gasteiger partial charge in [0.15, 0.2) is 22.0 Å². The highest BCUT2D eigenvalue weighted by atomic mass is 35.5. The van der Waals surface area contributed by atoms with Gasteiger partial charge in [-0.2, -0.15) is 0 Å². The largest absolute Gasteiger partial charge is 0.476 e. The van der Waals surface area contributed by atoms with Crippen molar-refractivity contribution >= 4 is 33.3 Å². The Bertz CT molecular complexity index is 835. The molecule has 0 N–H and O–H groups in total. The van der Waals surface area contributed by atoms with E-state index in [-0.39, 0.29) is 23.5 Å². The molecular formula is C20H28ClNO6S. The van der Waals surface area contributed by atoms with Gasteiger partial charge in [0.1, 0.15) is 5.75 Å². The molecule has 1 amide bonds. The minimum atomic E-state index is -3.13. The maximum absolute atomic E-state index is 12.7. The second-order valence-corrected chi connectivity index (χ2v) is 10.8. The summed E-state index contributed by atoms with van der Waals surface area (Å²) in [7, 11) is -3.13. The van der Waals surface area contributed by atoms with Gasteiger partial charge >= 0.3 is 5.97 Å². The van der Waals surface area contributed by atoms with Crippen molar-refractivity contribution in [1.82, 2.24) is 4.90 Å². The number of carbonyl (C=O) groups excluding carboxylic acids is 2. The molecule has 0 radical (unpaired) electrons. The third kappa shape index (κ3) is 6.89.